The van der Waals surface area contributed by atoms with Crippen LogP contribution < -0.4 is 0 Å². The van der Waals surface area contributed by atoms with Crippen molar-refractivity contribution >= 4 is 17.5 Å². The maximum Gasteiger partial charge on any atom is 0.255 e. The average Bonchev–Trinajstić information content (AvgIpc) is 2.77. The molecule has 0 aromatic carbocycles. The van der Waals surface area contributed by atoms with Crippen molar-refractivity contribution in [3.63, 3.8) is 0 Å². The highest BCUT2D eigenvalue weighted by atomic mass is 35.5. The van der Waals surface area contributed by atoms with Crippen LogP contribution in [-0.4, -0.2) is 28.4 Å². The van der Waals surface area contributed by atoms with Crippen LogP contribution >= 0.6 is 11.6 Å². The van der Waals surface area contributed by atoms with Crippen molar-refractivity contribution in [3.8, 4) is 0 Å². The molecular weight excluding hydrogens is 236 g/mol. The summed E-state index contributed by atoms with van der Waals surface area (Å²) in [5, 5.41) is 0.437. The molecule has 1 amide bonds. The van der Waals surface area contributed by atoms with Gasteiger partial charge >= 0.3 is 0 Å². The molecule has 1 aliphatic heterocycles. The molecule has 0 saturated carbocycles. The van der Waals surface area contributed by atoms with Crippen LogP contribution in [0, 0.1) is 5.92 Å². The minimum atomic E-state index is 0.0357. The summed E-state index contributed by atoms with van der Waals surface area (Å²) < 4.78 is 0. The zero-order valence-electron chi connectivity index (χ0n) is 10.2. The third kappa shape index (κ3) is 2.44. The van der Waals surface area contributed by atoms with Gasteiger partial charge in [-0.1, -0.05) is 25.4 Å². The topological polar surface area (TPSA) is 33.2 Å². The van der Waals surface area contributed by atoms with Crippen molar-refractivity contribution in [1.82, 2.24) is 9.88 Å². The molecule has 17 heavy (non-hydrogen) atoms. The molecule has 0 radical (unpaired) electrons. The molecule has 1 aliphatic rings. The Morgan fingerprint density at radius 3 is 3.00 bits per heavy atom. The van der Waals surface area contributed by atoms with Crippen molar-refractivity contribution in [1.29, 1.82) is 0 Å². The molecule has 1 aromatic heterocycles. The van der Waals surface area contributed by atoms with Gasteiger partial charge in [-0.3, -0.25) is 9.78 Å². The molecule has 0 bridgehead atoms. The van der Waals surface area contributed by atoms with Crippen LogP contribution in [0.25, 0.3) is 0 Å². The lowest BCUT2D eigenvalue weighted by Crippen LogP contribution is -2.38. The Hall–Kier alpha value is -1.09. The molecule has 1 fully saturated rings. The highest BCUT2D eigenvalue weighted by Gasteiger charge is 2.31. The van der Waals surface area contributed by atoms with Gasteiger partial charge in [-0.2, -0.15) is 0 Å². The number of carbonyl (C=O) groups is 1. The minimum absolute atomic E-state index is 0.0357. The zero-order valence-corrected chi connectivity index (χ0v) is 10.9. The van der Waals surface area contributed by atoms with Crippen molar-refractivity contribution in [2.75, 3.05) is 6.54 Å². The third-order valence-corrected chi connectivity index (χ3v) is 3.63. The van der Waals surface area contributed by atoms with E-state index in [2.05, 4.69) is 18.8 Å². The van der Waals surface area contributed by atoms with Crippen molar-refractivity contribution < 1.29 is 4.79 Å². The Bertz CT molecular complexity index is 420. The molecule has 2 rings (SSSR count). The Kier molecular flexibility index (Phi) is 3.67. The molecule has 1 unspecified atom stereocenters. The second kappa shape index (κ2) is 5.05. The molecule has 4 heteroatoms. The number of amides is 1. The van der Waals surface area contributed by atoms with Gasteiger partial charge in [0.05, 0.1) is 10.6 Å². The summed E-state index contributed by atoms with van der Waals surface area (Å²) >= 11 is 6.01. The van der Waals surface area contributed by atoms with E-state index < -0.39 is 0 Å². The van der Waals surface area contributed by atoms with Gasteiger partial charge in [-0.15, -0.1) is 0 Å². The van der Waals surface area contributed by atoms with Crippen molar-refractivity contribution in [2.24, 2.45) is 5.92 Å². The average molecular weight is 253 g/mol. The molecule has 3 nitrogen and oxygen atoms in total. The molecule has 0 N–H and O–H groups in total. The number of halogens is 1. The summed E-state index contributed by atoms with van der Waals surface area (Å²) in [5.41, 5.74) is 0.564. The zero-order chi connectivity index (χ0) is 12.4. The van der Waals surface area contributed by atoms with Gasteiger partial charge in [-0.05, 0) is 24.8 Å². The quantitative estimate of drug-likeness (QED) is 0.811. The van der Waals surface area contributed by atoms with Crippen LogP contribution in [0.1, 0.15) is 37.0 Å². The fraction of sp³-hybridized carbons (Fsp3) is 0.538. The first-order chi connectivity index (χ1) is 8.11. The van der Waals surface area contributed by atoms with Gasteiger partial charge in [0.2, 0.25) is 0 Å². The summed E-state index contributed by atoms with van der Waals surface area (Å²) in [4.78, 5) is 18.3. The summed E-state index contributed by atoms with van der Waals surface area (Å²) in [6, 6.07) is 2.03. The standard InChI is InChI=1S/C13H17ClN2O/c1-9(2)12-4-3-7-16(12)13(17)10-5-6-15-8-11(10)14/h5-6,8-9,12H,3-4,7H2,1-2H3. The predicted molar refractivity (Wildman–Crippen MR) is 68.1 cm³/mol. The van der Waals surface area contributed by atoms with E-state index in [9.17, 15) is 4.79 Å². The number of aromatic nitrogens is 1. The first kappa shape index (κ1) is 12.4. The second-order valence-corrected chi connectivity index (χ2v) is 5.21. The fourth-order valence-corrected chi connectivity index (χ4v) is 2.64. The Morgan fingerprint density at radius 1 is 1.59 bits per heavy atom. The van der Waals surface area contributed by atoms with Crippen LogP contribution in [0.5, 0.6) is 0 Å². The lowest BCUT2D eigenvalue weighted by Gasteiger charge is -2.28. The number of likely N-dealkylation sites (tertiary alicyclic amines) is 1. The van der Waals surface area contributed by atoms with Crippen molar-refractivity contribution in [2.45, 2.75) is 32.7 Å². The van der Waals surface area contributed by atoms with E-state index in [1.807, 2.05) is 4.90 Å². The molecule has 2 heterocycles. The number of hydrogen-bond donors (Lipinski definition) is 0. The van der Waals surface area contributed by atoms with E-state index in [4.69, 9.17) is 11.6 Å². The number of pyridine rings is 1. The predicted octanol–water partition coefficient (Wildman–Crippen LogP) is 3.00. The molecule has 0 spiro atoms. The SMILES string of the molecule is CC(C)C1CCCN1C(=O)c1ccncc1Cl. The van der Waals surface area contributed by atoms with Gasteiger partial charge < -0.3 is 4.90 Å². The molecule has 1 saturated heterocycles. The lowest BCUT2D eigenvalue weighted by molar-refractivity contribution is 0.0701. The third-order valence-electron chi connectivity index (χ3n) is 3.33. The van der Waals surface area contributed by atoms with Gasteiger partial charge in [0.25, 0.3) is 5.91 Å². The first-order valence-electron chi connectivity index (χ1n) is 6.01. The minimum Gasteiger partial charge on any atom is -0.335 e. The lowest BCUT2D eigenvalue weighted by atomic mass is 10.0. The van der Waals surface area contributed by atoms with E-state index >= 15 is 0 Å². The summed E-state index contributed by atoms with van der Waals surface area (Å²) in [6.45, 7) is 5.15. The van der Waals surface area contributed by atoms with E-state index in [1.165, 1.54) is 6.20 Å². The van der Waals surface area contributed by atoms with E-state index in [-0.39, 0.29) is 5.91 Å². The van der Waals surface area contributed by atoms with E-state index in [0.29, 0.717) is 22.5 Å². The van der Waals surface area contributed by atoms with E-state index in [1.54, 1.807) is 12.3 Å². The summed E-state index contributed by atoms with van der Waals surface area (Å²) in [6.07, 6.45) is 5.30. The maximum atomic E-state index is 12.4. The monoisotopic (exact) mass is 252 g/mol. The van der Waals surface area contributed by atoms with E-state index in [0.717, 1.165) is 19.4 Å². The molecular formula is C13H17ClN2O. The maximum absolute atomic E-state index is 12.4. The molecule has 1 atom stereocenters. The smallest absolute Gasteiger partial charge is 0.255 e. The number of hydrogen-bond acceptors (Lipinski definition) is 2. The molecule has 0 aliphatic carbocycles. The summed E-state index contributed by atoms with van der Waals surface area (Å²) in [7, 11) is 0. The van der Waals surface area contributed by atoms with Crippen LogP contribution in [0.3, 0.4) is 0 Å². The number of nitrogens with zero attached hydrogens (tertiary/aromatic N) is 2. The second-order valence-electron chi connectivity index (χ2n) is 4.81. The van der Waals surface area contributed by atoms with Gasteiger partial charge in [0, 0.05) is 25.0 Å². The highest BCUT2D eigenvalue weighted by molar-refractivity contribution is 6.33. The van der Waals surface area contributed by atoms with Crippen LogP contribution in [-0.2, 0) is 0 Å². The largest absolute Gasteiger partial charge is 0.335 e. The number of rotatable bonds is 2. The fourth-order valence-electron chi connectivity index (χ4n) is 2.44. The molecule has 1 aromatic rings. The number of carbonyl (C=O) groups excluding carboxylic acids is 1. The summed E-state index contributed by atoms with van der Waals surface area (Å²) in [5.74, 6) is 0.524. The van der Waals surface area contributed by atoms with Gasteiger partial charge in [0.1, 0.15) is 0 Å². The molecule has 92 valence electrons. The van der Waals surface area contributed by atoms with Gasteiger partial charge in [0.15, 0.2) is 0 Å². The van der Waals surface area contributed by atoms with Crippen LogP contribution in [0.4, 0.5) is 0 Å². The van der Waals surface area contributed by atoms with Gasteiger partial charge in [-0.25, -0.2) is 0 Å². The Balaban J connectivity index is 2.23. The Morgan fingerprint density at radius 2 is 2.35 bits per heavy atom. The van der Waals surface area contributed by atoms with Crippen LogP contribution in [0.2, 0.25) is 5.02 Å². The normalized spacial score (nSPS) is 20.0. The first-order valence-corrected chi connectivity index (χ1v) is 6.39. The van der Waals surface area contributed by atoms with Crippen molar-refractivity contribution in [3.05, 3.63) is 29.0 Å². The Labute approximate surface area is 107 Å². The highest BCUT2D eigenvalue weighted by Crippen LogP contribution is 2.27. The van der Waals surface area contributed by atoms with Crippen LogP contribution in [0.15, 0.2) is 18.5 Å².